The topological polar surface area (TPSA) is 81.7 Å². The van der Waals surface area contributed by atoms with E-state index in [1.807, 2.05) is 13.8 Å². The maximum Gasteiger partial charge on any atom is 0.372 e. The second-order valence-corrected chi connectivity index (χ2v) is 4.67. The van der Waals surface area contributed by atoms with Crippen LogP contribution >= 0.6 is 0 Å². The standard InChI is InChI=1S/C13H18N4O3/c1-10(2)20-9-5-7-14-12-13(17(18)19)16-8-4-3-6-11(16)15-12/h3-4,6,8,10,14H,5,7,9H2,1-2H3. The second kappa shape index (κ2) is 6.33. The van der Waals surface area contributed by atoms with Crippen molar-refractivity contribution >= 4 is 17.3 Å². The van der Waals surface area contributed by atoms with E-state index < -0.39 is 4.92 Å². The molecule has 108 valence electrons. The largest absolute Gasteiger partial charge is 0.379 e. The van der Waals surface area contributed by atoms with Gasteiger partial charge in [-0.25, -0.2) is 0 Å². The zero-order valence-electron chi connectivity index (χ0n) is 11.6. The number of rotatable bonds is 7. The van der Waals surface area contributed by atoms with Gasteiger partial charge in [-0.2, -0.15) is 9.38 Å². The number of hydrogen-bond donors (Lipinski definition) is 1. The maximum absolute atomic E-state index is 11.2. The smallest absolute Gasteiger partial charge is 0.372 e. The van der Waals surface area contributed by atoms with Crippen molar-refractivity contribution in [1.29, 1.82) is 0 Å². The van der Waals surface area contributed by atoms with Gasteiger partial charge in [-0.15, -0.1) is 0 Å². The molecular weight excluding hydrogens is 260 g/mol. The van der Waals surface area contributed by atoms with Crippen LogP contribution in [0.1, 0.15) is 20.3 Å². The molecule has 0 aliphatic rings. The quantitative estimate of drug-likeness (QED) is 0.478. The first kappa shape index (κ1) is 14.3. The Balaban J connectivity index is 2.06. The molecule has 0 atom stereocenters. The average molecular weight is 278 g/mol. The van der Waals surface area contributed by atoms with Gasteiger partial charge in [0.15, 0.2) is 0 Å². The summed E-state index contributed by atoms with van der Waals surface area (Å²) in [6.45, 7) is 5.14. The molecule has 0 spiro atoms. The van der Waals surface area contributed by atoms with Crippen molar-refractivity contribution in [2.45, 2.75) is 26.4 Å². The highest BCUT2D eigenvalue weighted by molar-refractivity contribution is 5.62. The number of anilines is 1. The summed E-state index contributed by atoms with van der Waals surface area (Å²) in [5.41, 5.74) is 0.556. The number of hydrogen-bond acceptors (Lipinski definition) is 5. The minimum Gasteiger partial charge on any atom is -0.379 e. The molecule has 0 unspecified atom stereocenters. The third-order valence-corrected chi connectivity index (χ3v) is 2.74. The minimum atomic E-state index is -0.424. The number of nitrogens with one attached hydrogen (secondary N) is 1. The van der Waals surface area contributed by atoms with Crippen LogP contribution in [0, 0.1) is 10.1 Å². The SMILES string of the molecule is CC(C)OCCCNc1nc2ccccn2c1[N+](=O)[O-]. The highest BCUT2D eigenvalue weighted by atomic mass is 16.6. The van der Waals surface area contributed by atoms with Gasteiger partial charge in [-0.05, 0) is 31.3 Å². The molecule has 2 rings (SSSR count). The van der Waals surface area contributed by atoms with E-state index in [1.165, 1.54) is 4.40 Å². The first-order valence-electron chi connectivity index (χ1n) is 6.56. The Morgan fingerprint density at radius 1 is 1.50 bits per heavy atom. The van der Waals surface area contributed by atoms with Crippen molar-refractivity contribution in [3.8, 4) is 0 Å². The van der Waals surface area contributed by atoms with Crippen LogP contribution in [0.2, 0.25) is 0 Å². The molecule has 0 amide bonds. The van der Waals surface area contributed by atoms with E-state index in [0.717, 1.165) is 6.42 Å². The minimum absolute atomic E-state index is 0.0367. The van der Waals surface area contributed by atoms with E-state index in [9.17, 15) is 10.1 Å². The highest BCUT2D eigenvalue weighted by Crippen LogP contribution is 2.24. The van der Waals surface area contributed by atoms with Gasteiger partial charge in [-0.3, -0.25) is 0 Å². The summed E-state index contributed by atoms with van der Waals surface area (Å²) in [6.07, 6.45) is 2.59. The number of aromatic nitrogens is 2. The van der Waals surface area contributed by atoms with Crippen molar-refractivity contribution in [2.75, 3.05) is 18.5 Å². The van der Waals surface area contributed by atoms with Crippen LogP contribution in [0.3, 0.4) is 0 Å². The van der Waals surface area contributed by atoms with Crippen LogP contribution in [0.4, 0.5) is 11.6 Å². The van der Waals surface area contributed by atoms with Crippen molar-refractivity contribution in [3.05, 3.63) is 34.5 Å². The molecule has 7 nitrogen and oxygen atoms in total. The van der Waals surface area contributed by atoms with Gasteiger partial charge in [0.05, 0.1) is 12.3 Å². The van der Waals surface area contributed by atoms with Crippen LogP contribution < -0.4 is 5.32 Å². The lowest BCUT2D eigenvalue weighted by Gasteiger charge is -2.07. The molecule has 0 radical (unpaired) electrons. The number of imidazole rings is 1. The van der Waals surface area contributed by atoms with Crippen molar-refractivity contribution in [3.63, 3.8) is 0 Å². The molecule has 0 fully saturated rings. The third-order valence-electron chi connectivity index (χ3n) is 2.74. The molecule has 2 aromatic rings. The van der Waals surface area contributed by atoms with E-state index in [0.29, 0.717) is 24.6 Å². The average Bonchev–Trinajstić information content (AvgIpc) is 2.76. The molecule has 0 bridgehead atoms. The lowest BCUT2D eigenvalue weighted by atomic mass is 10.4. The van der Waals surface area contributed by atoms with Gasteiger partial charge in [0.2, 0.25) is 11.5 Å². The van der Waals surface area contributed by atoms with Crippen LogP contribution in [0.25, 0.3) is 5.65 Å². The van der Waals surface area contributed by atoms with E-state index in [4.69, 9.17) is 4.74 Å². The van der Waals surface area contributed by atoms with Crippen molar-refractivity contribution in [2.24, 2.45) is 0 Å². The van der Waals surface area contributed by atoms with E-state index in [-0.39, 0.29) is 11.9 Å². The van der Waals surface area contributed by atoms with Gasteiger partial charge in [0.1, 0.15) is 0 Å². The van der Waals surface area contributed by atoms with E-state index in [2.05, 4.69) is 10.3 Å². The Kier molecular flexibility index (Phi) is 4.52. The fourth-order valence-electron chi connectivity index (χ4n) is 1.87. The Morgan fingerprint density at radius 3 is 3.00 bits per heavy atom. The molecule has 2 heterocycles. The number of pyridine rings is 1. The second-order valence-electron chi connectivity index (χ2n) is 4.67. The molecule has 0 aromatic carbocycles. The first-order valence-corrected chi connectivity index (χ1v) is 6.56. The summed E-state index contributed by atoms with van der Waals surface area (Å²) in [6, 6.07) is 5.27. The fraction of sp³-hybridized carbons (Fsp3) is 0.462. The first-order chi connectivity index (χ1) is 9.59. The van der Waals surface area contributed by atoms with Crippen LogP contribution in [0.5, 0.6) is 0 Å². The molecule has 0 saturated carbocycles. The summed E-state index contributed by atoms with van der Waals surface area (Å²) >= 11 is 0. The number of fused-ring (bicyclic) bond motifs is 1. The van der Waals surface area contributed by atoms with Crippen molar-refractivity contribution < 1.29 is 9.66 Å². The number of ether oxygens (including phenoxy) is 1. The summed E-state index contributed by atoms with van der Waals surface area (Å²) in [7, 11) is 0. The van der Waals surface area contributed by atoms with Crippen molar-refractivity contribution in [1.82, 2.24) is 9.38 Å². The summed E-state index contributed by atoms with van der Waals surface area (Å²) in [4.78, 5) is 15.0. The van der Waals surface area contributed by atoms with Gasteiger partial charge >= 0.3 is 5.82 Å². The number of nitrogens with zero attached hydrogens (tertiary/aromatic N) is 3. The van der Waals surface area contributed by atoms with Gasteiger partial charge in [-0.1, -0.05) is 6.07 Å². The zero-order valence-corrected chi connectivity index (χ0v) is 11.6. The Labute approximate surface area is 116 Å². The molecule has 0 saturated heterocycles. The van der Waals surface area contributed by atoms with E-state index in [1.54, 1.807) is 24.4 Å². The molecule has 2 aromatic heterocycles. The maximum atomic E-state index is 11.2. The van der Waals surface area contributed by atoms with Crippen LogP contribution in [-0.2, 0) is 4.74 Å². The van der Waals surface area contributed by atoms with E-state index >= 15 is 0 Å². The summed E-state index contributed by atoms with van der Waals surface area (Å²) in [5.74, 6) is 0.260. The fourth-order valence-corrected chi connectivity index (χ4v) is 1.87. The lowest BCUT2D eigenvalue weighted by Crippen LogP contribution is -2.10. The molecule has 0 aliphatic heterocycles. The molecule has 7 heteroatoms. The normalized spacial score (nSPS) is 11.2. The highest BCUT2D eigenvalue weighted by Gasteiger charge is 2.21. The van der Waals surface area contributed by atoms with Gasteiger partial charge in [0.25, 0.3) is 0 Å². The van der Waals surface area contributed by atoms with Crippen LogP contribution in [0.15, 0.2) is 24.4 Å². The van der Waals surface area contributed by atoms with Crippen LogP contribution in [-0.4, -0.2) is 33.6 Å². The Bertz CT molecular complexity index is 594. The summed E-state index contributed by atoms with van der Waals surface area (Å²) < 4.78 is 6.88. The zero-order chi connectivity index (χ0) is 14.5. The summed E-state index contributed by atoms with van der Waals surface area (Å²) in [5, 5.41) is 14.2. The predicted molar refractivity (Wildman–Crippen MR) is 76.0 cm³/mol. The third kappa shape index (κ3) is 3.24. The molecule has 1 N–H and O–H groups in total. The van der Waals surface area contributed by atoms with Gasteiger partial charge in [0, 0.05) is 19.2 Å². The molecule has 0 aliphatic carbocycles. The predicted octanol–water partition coefficient (Wildman–Crippen LogP) is 2.47. The lowest BCUT2D eigenvalue weighted by molar-refractivity contribution is -0.389. The number of nitro groups is 1. The monoisotopic (exact) mass is 278 g/mol. The molecular formula is C13H18N4O3. The van der Waals surface area contributed by atoms with Gasteiger partial charge < -0.3 is 20.2 Å². The Hall–Kier alpha value is -2.15. The molecule has 20 heavy (non-hydrogen) atoms. The Morgan fingerprint density at radius 2 is 2.30 bits per heavy atom.